The summed E-state index contributed by atoms with van der Waals surface area (Å²) in [5, 5.41) is 0. The number of hydrogen-bond acceptors (Lipinski definition) is 2. The van der Waals surface area contributed by atoms with Gasteiger partial charge in [-0.3, -0.25) is 4.84 Å². The summed E-state index contributed by atoms with van der Waals surface area (Å²) >= 11 is 0. The third-order valence-corrected chi connectivity index (χ3v) is 2.94. The van der Waals surface area contributed by atoms with Crippen LogP contribution in [-0.2, 0) is 11.4 Å². The number of hydrogen-bond donors (Lipinski definition) is 1. The molecule has 1 fully saturated rings. The van der Waals surface area contributed by atoms with Gasteiger partial charge < -0.3 is 0 Å². The predicted molar refractivity (Wildman–Crippen MR) is 61.2 cm³/mol. The Hall–Kier alpha value is -0.860. The number of benzene rings is 1. The Bertz CT molecular complexity index is 267. The fourth-order valence-electron chi connectivity index (χ4n) is 2.04. The second-order valence-electron chi connectivity index (χ2n) is 4.23. The zero-order valence-electron chi connectivity index (χ0n) is 9.11. The number of hydroxylamine groups is 1. The molecule has 0 atom stereocenters. The van der Waals surface area contributed by atoms with Crippen LogP contribution in [0, 0.1) is 0 Å². The number of nitrogens with one attached hydrogen (secondary N) is 1. The van der Waals surface area contributed by atoms with Gasteiger partial charge in [0.15, 0.2) is 0 Å². The summed E-state index contributed by atoms with van der Waals surface area (Å²) in [7, 11) is 0. The molecule has 0 aromatic heterocycles. The minimum atomic E-state index is 0.572. The number of rotatable bonds is 4. The van der Waals surface area contributed by atoms with Crippen LogP contribution < -0.4 is 5.48 Å². The van der Waals surface area contributed by atoms with Crippen LogP contribution in [0.1, 0.15) is 37.7 Å². The lowest BCUT2D eigenvalue weighted by Gasteiger charge is -2.22. The van der Waals surface area contributed by atoms with Gasteiger partial charge in [0.05, 0.1) is 6.61 Å². The van der Waals surface area contributed by atoms with Crippen molar-refractivity contribution in [2.45, 2.75) is 44.8 Å². The molecule has 1 aliphatic rings. The van der Waals surface area contributed by atoms with E-state index in [1.807, 2.05) is 18.2 Å². The van der Waals surface area contributed by atoms with Crippen LogP contribution in [0.4, 0.5) is 0 Å². The maximum absolute atomic E-state index is 5.51. The van der Waals surface area contributed by atoms with E-state index in [9.17, 15) is 0 Å². The fraction of sp³-hybridized carbons (Fsp3) is 0.538. The fourth-order valence-corrected chi connectivity index (χ4v) is 2.04. The van der Waals surface area contributed by atoms with Gasteiger partial charge in [-0.05, 0) is 18.4 Å². The molecule has 0 bridgehead atoms. The Morgan fingerprint density at radius 2 is 1.80 bits per heavy atom. The van der Waals surface area contributed by atoms with Gasteiger partial charge in [0.1, 0.15) is 0 Å². The molecule has 0 heterocycles. The van der Waals surface area contributed by atoms with Crippen molar-refractivity contribution in [1.29, 1.82) is 0 Å². The second kappa shape index (κ2) is 5.89. The van der Waals surface area contributed by atoms with E-state index < -0.39 is 0 Å². The van der Waals surface area contributed by atoms with Crippen molar-refractivity contribution in [1.82, 2.24) is 5.48 Å². The molecule has 2 nitrogen and oxygen atoms in total. The van der Waals surface area contributed by atoms with Crippen LogP contribution in [0.25, 0.3) is 0 Å². The van der Waals surface area contributed by atoms with E-state index in [0.29, 0.717) is 12.6 Å². The van der Waals surface area contributed by atoms with E-state index in [1.54, 1.807) is 0 Å². The van der Waals surface area contributed by atoms with Gasteiger partial charge >= 0.3 is 0 Å². The molecule has 0 saturated heterocycles. The molecule has 1 N–H and O–H groups in total. The maximum Gasteiger partial charge on any atom is 0.0933 e. The van der Waals surface area contributed by atoms with Crippen LogP contribution in [0.15, 0.2) is 30.3 Å². The van der Waals surface area contributed by atoms with E-state index in [-0.39, 0.29) is 0 Å². The van der Waals surface area contributed by atoms with Crippen molar-refractivity contribution < 1.29 is 4.84 Å². The first-order chi connectivity index (χ1) is 7.45. The van der Waals surface area contributed by atoms with Crippen LogP contribution in [0.3, 0.4) is 0 Å². The minimum absolute atomic E-state index is 0.572. The first-order valence-electron chi connectivity index (χ1n) is 5.86. The third kappa shape index (κ3) is 3.65. The molecule has 15 heavy (non-hydrogen) atoms. The summed E-state index contributed by atoms with van der Waals surface area (Å²) in [5.74, 6) is 0. The largest absolute Gasteiger partial charge is 0.297 e. The monoisotopic (exact) mass is 205 g/mol. The molecule has 0 unspecified atom stereocenters. The zero-order chi connectivity index (χ0) is 10.3. The summed E-state index contributed by atoms with van der Waals surface area (Å²) in [4.78, 5) is 5.51. The molecule has 0 aliphatic heterocycles. The molecule has 0 spiro atoms. The first-order valence-corrected chi connectivity index (χ1v) is 5.86. The summed E-state index contributed by atoms with van der Waals surface area (Å²) in [5.41, 5.74) is 4.39. The molecular weight excluding hydrogens is 186 g/mol. The Labute approximate surface area is 91.6 Å². The lowest BCUT2D eigenvalue weighted by molar-refractivity contribution is -0.00457. The second-order valence-corrected chi connectivity index (χ2v) is 4.23. The van der Waals surface area contributed by atoms with Crippen molar-refractivity contribution in [3.63, 3.8) is 0 Å². The summed E-state index contributed by atoms with van der Waals surface area (Å²) in [6.45, 7) is 0.664. The van der Waals surface area contributed by atoms with E-state index in [2.05, 4.69) is 17.6 Å². The maximum atomic E-state index is 5.51. The quantitative estimate of drug-likeness (QED) is 0.763. The molecule has 1 aromatic carbocycles. The summed E-state index contributed by atoms with van der Waals surface area (Å²) in [6, 6.07) is 10.9. The van der Waals surface area contributed by atoms with E-state index >= 15 is 0 Å². The smallest absolute Gasteiger partial charge is 0.0933 e. The van der Waals surface area contributed by atoms with Gasteiger partial charge in [-0.1, -0.05) is 49.6 Å². The summed E-state index contributed by atoms with van der Waals surface area (Å²) < 4.78 is 0. The van der Waals surface area contributed by atoms with Crippen LogP contribution in [0.5, 0.6) is 0 Å². The van der Waals surface area contributed by atoms with E-state index in [1.165, 1.54) is 37.7 Å². The Morgan fingerprint density at radius 1 is 1.07 bits per heavy atom. The van der Waals surface area contributed by atoms with Crippen molar-refractivity contribution in [3.05, 3.63) is 35.9 Å². The topological polar surface area (TPSA) is 21.3 Å². The van der Waals surface area contributed by atoms with Gasteiger partial charge in [0.25, 0.3) is 0 Å². The van der Waals surface area contributed by atoms with Crippen molar-refractivity contribution in [2.24, 2.45) is 0 Å². The Kier molecular flexibility index (Phi) is 4.18. The molecule has 2 rings (SSSR count). The van der Waals surface area contributed by atoms with Gasteiger partial charge in [-0.2, -0.15) is 5.48 Å². The van der Waals surface area contributed by atoms with Crippen LogP contribution >= 0.6 is 0 Å². The average Bonchev–Trinajstić information content (AvgIpc) is 2.32. The molecule has 2 heteroatoms. The zero-order valence-corrected chi connectivity index (χ0v) is 9.11. The van der Waals surface area contributed by atoms with Crippen LogP contribution in [-0.4, -0.2) is 6.04 Å². The Morgan fingerprint density at radius 3 is 2.53 bits per heavy atom. The van der Waals surface area contributed by atoms with Gasteiger partial charge in [-0.25, -0.2) is 0 Å². The van der Waals surface area contributed by atoms with Crippen molar-refractivity contribution in [3.8, 4) is 0 Å². The highest BCUT2D eigenvalue weighted by atomic mass is 16.6. The Balaban J connectivity index is 1.66. The SMILES string of the molecule is c1ccc(CONC2CCCCC2)cc1. The lowest BCUT2D eigenvalue weighted by Crippen LogP contribution is -2.30. The molecule has 82 valence electrons. The normalized spacial score (nSPS) is 17.9. The van der Waals surface area contributed by atoms with Crippen LogP contribution in [0.2, 0.25) is 0 Å². The molecule has 0 radical (unpaired) electrons. The standard InChI is InChI=1S/C13H19NO/c1-3-7-12(8-4-1)11-15-14-13-9-5-2-6-10-13/h1,3-4,7-8,13-14H,2,5-6,9-11H2. The van der Waals surface area contributed by atoms with E-state index in [0.717, 1.165) is 0 Å². The van der Waals surface area contributed by atoms with Crippen molar-refractivity contribution in [2.75, 3.05) is 0 Å². The molecule has 1 aromatic rings. The van der Waals surface area contributed by atoms with Crippen molar-refractivity contribution >= 4 is 0 Å². The minimum Gasteiger partial charge on any atom is -0.297 e. The van der Waals surface area contributed by atoms with E-state index in [4.69, 9.17) is 4.84 Å². The summed E-state index contributed by atoms with van der Waals surface area (Å²) in [6.07, 6.45) is 6.58. The highest BCUT2D eigenvalue weighted by Crippen LogP contribution is 2.17. The highest BCUT2D eigenvalue weighted by molar-refractivity contribution is 5.13. The molecule has 0 amide bonds. The average molecular weight is 205 g/mol. The predicted octanol–water partition coefficient (Wildman–Crippen LogP) is 3.04. The first kappa shape index (κ1) is 10.7. The van der Waals surface area contributed by atoms with Gasteiger partial charge in [-0.15, -0.1) is 0 Å². The molecule has 1 saturated carbocycles. The third-order valence-electron chi connectivity index (χ3n) is 2.94. The lowest BCUT2D eigenvalue weighted by atomic mass is 9.96. The highest BCUT2D eigenvalue weighted by Gasteiger charge is 2.12. The molecular formula is C13H19NO. The van der Waals surface area contributed by atoms with Gasteiger partial charge in [0, 0.05) is 6.04 Å². The van der Waals surface area contributed by atoms with Gasteiger partial charge in [0.2, 0.25) is 0 Å². The molecule has 1 aliphatic carbocycles.